The molecular formula is C11H9BrN2O2. The number of rotatable bonds is 3. The second-order valence-corrected chi connectivity index (χ2v) is 4.10. The van der Waals surface area contributed by atoms with E-state index in [0.717, 1.165) is 4.47 Å². The van der Waals surface area contributed by atoms with Crippen LogP contribution in [0.3, 0.4) is 0 Å². The van der Waals surface area contributed by atoms with Gasteiger partial charge < -0.3 is 9.84 Å². The smallest absolute Gasteiger partial charge is 0.251 e. The summed E-state index contributed by atoms with van der Waals surface area (Å²) >= 11 is 3.31. The van der Waals surface area contributed by atoms with E-state index in [1.165, 1.54) is 6.26 Å². The number of aromatic nitrogens is 1. The van der Waals surface area contributed by atoms with E-state index in [0.29, 0.717) is 17.8 Å². The molecule has 0 aliphatic carbocycles. The maximum absolute atomic E-state index is 11.7. The third-order valence-electron chi connectivity index (χ3n) is 2.03. The van der Waals surface area contributed by atoms with Crippen LogP contribution in [0.4, 0.5) is 0 Å². The number of nitrogens with zero attached hydrogens (tertiary/aromatic N) is 1. The third-order valence-corrected chi connectivity index (χ3v) is 2.56. The highest BCUT2D eigenvalue weighted by atomic mass is 79.9. The van der Waals surface area contributed by atoms with Gasteiger partial charge in [0.2, 0.25) is 0 Å². The van der Waals surface area contributed by atoms with Gasteiger partial charge in [0.1, 0.15) is 12.0 Å². The first-order chi connectivity index (χ1) is 7.75. The monoisotopic (exact) mass is 280 g/mol. The molecule has 0 spiro atoms. The van der Waals surface area contributed by atoms with Crippen molar-refractivity contribution in [3.05, 3.63) is 52.3 Å². The Bertz CT molecular complexity index is 465. The molecule has 1 N–H and O–H groups in total. The van der Waals surface area contributed by atoms with E-state index in [1.807, 2.05) is 12.1 Å². The van der Waals surface area contributed by atoms with Crippen molar-refractivity contribution < 1.29 is 9.32 Å². The molecule has 2 aromatic rings. The molecule has 0 aliphatic rings. The summed E-state index contributed by atoms with van der Waals surface area (Å²) in [6, 6.07) is 8.86. The van der Waals surface area contributed by atoms with Gasteiger partial charge in [-0.15, -0.1) is 0 Å². The Kier molecular flexibility index (Phi) is 3.36. The molecule has 0 unspecified atom stereocenters. The molecule has 1 aromatic heterocycles. The highest BCUT2D eigenvalue weighted by Gasteiger charge is 2.05. The topological polar surface area (TPSA) is 55.1 Å². The van der Waals surface area contributed by atoms with Gasteiger partial charge in [0.25, 0.3) is 5.91 Å². The zero-order valence-corrected chi connectivity index (χ0v) is 9.90. The van der Waals surface area contributed by atoms with Gasteiger partial charge in [0.15, 0.2) is 0 Å². The minimum Gasteiger partial charge on any atom is -0.364 e. The lowest BCUT2D eigenvalue weighted by Gasteiger charge is -2.02. The van der Waals surface area contributed by atoms with Crippen molar-refractivity contribution >= 4 is 21.8 Å². The largest absolute Gasteiger partial charge is 0.364 e. The number of hydrogen-bond donors (Lipinski definition) is 1. The molecule has 0 fully saturated rings. The molecule has 5 heteroatoms. The summed E-state index contributed by atoms with van der Waals surface area (Å²) in [7, 11) is 0. The van der Waals surface area contributed by atoms with Crippen LogP contribution in [0.15, 0.2) is 45.6 Å². The summed E-state index contributed by atoms with van der Waals surface area (Å²) in [5, 5.41) is 6.44. The molecule has 0 saturated carbocycles. The van der Waals surface area contributed by atoms with E-state index in [9.17, 15) is 4.79 Å². The fourth-order valence-corrected chi connectivity index (χ4v) is 1.47. The molecule has 0 bridgehead atoms. The van der Waals surface area contributed by atoms with Crippen LogP contribution >= 0.6 is 15.9 Å². The van der Waals surface area contributed by atoms with Crippen molar-refractivity contribution in [2.75, 3.05) is 0 Å². The quantitative estimate of drug-likeness (QED) is 0.939. The number of benzene rings is 1. The van der Waals surface area contributed by atoms with Crippen LogP contribution < -0.4 is 5.32 Å². The molecule has 0 aliphatic heterocycles. The normalized spacial score (nSPS) is 10.1. The van der Waals surface area contributed by atoms with Crippen molar-refractivity contribution in [1.82, 2.24) is 10.5 Å². The van der Waals surface area contributed by atoms with E-state index in [-0.39, 0.29) is 5.91 Å². The van der Waals surface area contributed by atoms with Gasteiger partial charge in [0.05, 0.1) is 6.54 Å². The number of halogens is 1. The van der Waals surface area contributed by atoms with Gasteiger partial charge in [-0.05, 0) is 24.3 Å². The van der Waals surface area contributed by atoms with Crippen LogP contribution in [0.5, 0.6) is 0 Å². The van der Waals surface area contributed by atoms with E-state index >= 15 is 0 Å². The summed E-state index contributed by atoms with van der Waals surface area (Å²) in [5.41, 5.74) is 1.32. The predicted molar refractivity (Wildman–Crippen MR) is 61.8 cm³/mol. The molecule has 4 nitrogen and oxygen atoms in total. The van der Waals surface area contributed by atoms with E-state index in [4.69, 9.17) is 0 Å². The minimum atomic E-state index is -0.129. The Morgan fingerprint density at radius 3 is 2.69 bits per heavy atom. The zero-order valence-electron chi connectivity index (χ0n) is 8.31. The van der Waals surface area contributed by atoms with Crippen LogP contribution in [-0.2, 0) is 6.54 Å². The molecule has 0 saturated heterocycles. The molecule has 82 valence electrons. The van der Waals surface area contributed by atoms with Crippen LogP contribution in [0.1, 0.15) is 16.1 Å². The van der Waals surface area contributed by atoms with Crippen molar-refractivity contribution in [2.24, 2.45) is 0 Å². The van der Waals surface area contributed by atoms with Crippen molar-refractivity contribution in [3.63, 3.8) is 0 Å². The highest BCUT2D eigenvalue weighted by molar-refractivity contribution is 9.10. The van der Waals surface area contributed by atoms with Gasteiger partial charge in [-0.25, -0.2) is 0 Å². The zero-order chi connectivity index (χ0) is 11.4. The number of nitrogens with one attached hydrogen (secondary N) is 1. The first kappa shape index (κ1) is 10.9. The lowest BCUT2D eigenvalue weighted by molar-refractivity contribution is 0.0950. The molecule has 1 amide bonds. The Morgan fingerprint density at radius 2 is 2.06 bits per heavy atom. The maximum Gasteiger partial charge on any atom is 0.251 e. The SMILES string of the molecule is O=C(NCc1ccon1)c1ccc(Br)cc1. The number of carbonyl (C=O) groups is 1. The Labute approximate surface area is 101 Å². The van der Waals surface area contributed by atoms with Gasteiger partial charge in [-0.3, -0.25) is 4.79 Å². The lowest BCUT2D eigenvalue weighted by Crippen LogP contribution is -2.22. The number of carbonyl (C=O) groups excluding carboxylic acids is 1. The maximum atomic E-state index is 11.7. The fourth-order valence-electron chi connectivity index (χ4n) is 1.20. The third kappa shape index (κ3) is 2.70. The van der Waals surface area contributed by atoms with Gasteiger partial charge in [-0.1, -0.05) is 21.1 Å². The molecule has 0 atom stereocenters. The van der Waals surface area contributed by atoms with Gasteiger partial charge in [0, 0.05) is 16.1 Å². The molecule has 1 aromatic carbocycles. The molecule has 0 radical (unpaired) electrons. The second-order valence-electron chi connectivity index (χ2n) is 3.18. The lowest BCUT2D eigenvalue weighted by atomic mass is 10.2. The molecule has 2 rings (SSSR count). The fraction of sp³-hybridized carbons (Fsp3) is 0.0909. The summed E-state index contributed by atoms with van der Waals surface area (Å²) in [6.07, 6.45) is 1.47. The van der Waals surface area contributed by atoms with Crippen molar-refractivity contribution in [2.45, 2.75) is 6.54 Å². The van der Waals surface area contributed by atoms with Crippen LogP contribution in [0.25, 0.3) is 0 Å². The standard InChI is InChI=1S/C11H9BrN2O2/c12-9-3-1-8(2-4-9)11(15)13-7-10-5-6-16-14-10/h1-6H,7H2,(H,13,15). The second kappa shape index (κ2) is 4.94. The van der Waals surface area contributed by atoms with Crippen LogP contribution in [-0.4, -0.2) is 11.1 Å². The first-order valence-corrected chi connectivity index (χ1v) is 5.48. The Balaban J connectivity index is 1.95. The first-order valence-electron chi connectivity index (χ1n) is 4.69. The van der Waals surface area contributed by atoms with Crippen LogP contribution in [0.2, 0.25) is 0 Å². The minimum absolute atomic E-state index is 0.129. The van der Waals surface area contributed by atoms with Crippen LogP contribution in [0, 0.1) is 0 Å². The summed E-state index contributed by atoms with van der Waals surface area (Å²) in [6.45, 7) is 0.366. The highest BCUT2D eigenvalue weighted by Crippen LogP contribution is 2.10. The summed E-state index contributed by atoms with van der Waals surface area (Å²) in [5.74, 6) is -0.129. The Morgan fingerprint density at radius 1 is 1.31 bits per heavy atom. The molecule has 1 heterocycles. The van der Waals surface area contributed by atoms with Crippen molar-refractivity contribution in [3.8, 4) is 0 Å². The van der Waals surface area contributed by atoms with Crippen molar-refractivity contribution in [1.29, 1.82) is 0 Å². The van der Waals surface area contributed by atoms with E-state index in [1.54, 1.807) is 18.2 Å². The Hall–Kier alpha value is -1.62. The van der Waals surface area contributed by atoms with Gasteiger partial charge >= 0.3 is 0 Å². The molecular weight excluding hydrogens is 272 g/mol. The summed E-state index contributed by atoms with van der Waals surface area (Å²) in [4.78, 5) is 11.7. The average molecular weight is 281 g/mol. The van der Waals surface area contributed by atoms with E-state index < -0.39 is 0 Å². The summed E-state index contributed by atoms with van der Waals surface area (Å²) < 4.78 is 5.61. The number of hydrogen-bond acceptors (Lipinski definition) is 3. The van der Waals surface area contributed by atoms with Gasteiger partial charge in [-0.2, -0.15) is 0 Å². The average Bonchev–Trinajstić information content (AvgIpc) is 2.80. The van der Waals surface area contributed by atoms with E-state index in [2.05, 4.69) is 30.9 Å². The molecule has 16 heavy (non-hydrogen) atoms. The predicted octanol–water partition coefficient (Wildman–Crippen LogP) is 2.37. The number of amides is 1.